The fourth-order valence-corrected chi connectivity index (χ4v) is 2.07. The predicted molar refractivity (Wildman–Crippen MR) is 78.0 cm³/mol. The molecule has 0 bridgehead atoms. The third kappa shape index (κ3) is 3.83. The highest BCUT2D eigenvalue weighted by Crippen LogP contribution is 2.38. The van der Waals surface area contributed by atoms with Crippen molar-refractivity contribution < 1.29 is 22.7 Å². The first kappa shape index (κ1) is 17.3. The predicted octanol–water partition coefficient (Wildman–Crippen LogP) is 4.06. The molecule has 0 aliphatic rings. The summed E-state index contributed by atoms with van der Waals surface area (Å²) < 4.78 is 43.9. The summed E-state index contributed by atoms with van der Waals surface area (Å²) in [5.74, 6) is -1.10. The number of nitrogens with one attached hydrogen (secondary N) is 1. The zero-order chi connectivity index (χ0) is 17.2. The largest absolute Gasteiger partial charge is 0.480 e. The first-order valence-electron chi connectivity index (χ1n) is 5.97. The number of benzene rings is 1. The molecular weight excluding hydrogens is 358 g/mol. The minimum atomic E-state index is -4.69. The maximum Gasteiger partial charge on any atom is 0.418 e. The number of methoxy groups -OCH3 is 1. The van der Waals surface area contributed by atoms with Gasteiger partial charge < -0.3 is 10.1 Å². The lowest BCUT2D eigenvalue weighted by atomic mass is 10.1. The van der Waals surface area contributed by atoms with Gasteiger partial charge in [0.15, 0.2) is 0 Å². The Labute approximate surface area is 138 Å². The molecule has 0 saturated heterocycles. The van der Waals surface area contributed by atoms with Crippen LogP contribution < -0.4 is 10.1 Å². The standard InChI is InChI=1S/C13H8Cl2F3N3O2/c1-23-11-6(5-19-12(15)21-11)10(22)20-9-7(13(16,17)18)3-2-4-8(9)14/h2-5H,1H3,(H,20,22). The Morgan fingerprint density at radius 3 is 2.61 bits per heavy atom. The Morgan fingerprint density at radius 2 is 2.00 bits per heavy atom. The minimum Gasteiger partial charge on any atom is -0.480 e. The molecule has 1 N–H and O–H groups in total. The summed E-state index contributed by atoms with van der Waals surface area (Å²) in [7, 11) is 1.23. The molecule has 2 aromatic rings. The fraction of sp³-hybridized carbons (Fsp3) is 0.154. The molecule has 0 aliphatic carbocycles. The summed E-state index contributed by atoms with van der Waals surface area (Å²) in [5.41, 5.74) is -1.83. The number of nitrogens with zero attached hydrogens (tertiary/aromatic N) is 2. The molecule has 5 nitrogen and oxygen atoms in total. The normalized spacial score (nSPS) is 11.2. The molecule has 23 heavy (non-hydrogen) atoms. The van der Waals surface area contributed by atoms with Gasteiger partial charge in [0, 0.05) is 6.20 Å². The number of carbonyl (C=O) groups excluding carboxylic acids is 1. The Morgan fingerprint density at radius 1 is 1.30 bits per heavy atom. The van der Waals surface area contributed by atoms with Gasteiger partial charge in [-0.25, -0.2) is 4.98 Å². The number of alkyl halides is 3. The van der Waals surface area contributed by atoms with Crippen LogP contribution in [0.4, 0.5) is 18.9 Å². The van der Waals surface area contributed by atoms with Crippen molar-refractivity contribution in [3.05, 3.63) is 45.8 Å². The molecule has 2 rings (SSSR count). The lowest BCUT2D eigenvalue weighted by Gasteiger charge is -2.15. The number of halogens is 5. The number of hydrogen-bond donors (Lipinski definition) is 1. The number of carbonyl (C=O) groups is 1. The topological polar surface area (TPSA) is 64.1 Å². The highest BCUT2D eigenvalue weighted by Gasteiger charge is 2.35. The zero-order valence-corrected chi connectivity index (χ0v) is 12.9. The summed E-state index contributed by atoms with van der Waals surface area (Å²) in [5, 5.41) is 1.67. The number of para-hydroxylation sites is 1. The number of anilines is 1. The summed E-state index contributed by atoms with van der Waals surface area (Å²) >= 11 is 11.3. The number of ether oxygens (including phenoxy) is 1. The molecule has 1 aromatic carbocycles. The van der Waals surface area contributed by atoms with Crippen LogP contribution >= 0.6 is 23.2 Å². The lowest BCUT2D eigenvalue weighted by molar-refractivity contribution is -0.136. The molecule has 0 unspecified atom stereocenters. The van der Waals surface area contributed by atoms with Crippen molar-refractivity contribution in [3.8, 4) is 5.88 Å². The van der Waals surface area contributed by atoms with Crippen LogP contribution in [0.1, 0.15) is 15.9 Å². The fourth-order valence-electron chi connectivity index (χ4n) is 1.73. The van der Waals surface area contributed by atoms with E-state index >= 15 is 0 Å². The number of hydrogen-bond acceptors (Lipinski definition) is 4. The number of rotatable bonds is 3. The summed E-state index contributed by atoms with van der Waals surface area (Å²) in [6, 6.07) is 3.16. The van der Waals surface area contributed by atoms with E-state index in [2.05, 4.69) is 15.3 Å². The molecule has 122 valence electrons. The van der Waals surface area contributed by atoms with E-state index in [1.807, 2.05) is 0 Å². The zero-order valence-electron chi connectivity index (χ0n) is 11.4. The van der Waals surface area contributed by atoms with Crippen molar-refractivity contribution in [2.45, 2.75) is 6.18 Å². The van der Waals surface area contributed by atoms with E-state index in [1.54, 1.807) is 0 Å². The van der Waals surface area contributed by atoms with Crippen molar-refractivity contribution in [2.24, 2.45) is 0 Å². The van der Waals surface area contributed by atoms with Crippen LogP contribution in [0.25, 0.3) is 0 Å². The van der Waals surface area contributed by atoms with Gasteiger partial charge in [-0.3, -0.25) is 4.79 Å². The van der Waals surface area contributed by atoms with Gasteiger partial charge in [-0.2, -0.15) is 18.2 Å². The van der Waals surface area contributed by atoms with Gasteiger partial charge in [-0.05, 0) is 23.7 Å². The molecule has 1 amide bonds. The van der Waals surface area contributed by atoms with Gasteiger partial charge in [0.25, 0.3) is 5.91 Å². The monoisotopic (exact) mass is 365 g/mol. The van der Waals surface area contributed by atoms with Crippen LogP contribution in [-0.2, 0) is 6.18 Å². The third-order valence-corrected chi connectivity index (χ3v) is 3.22. The highest BCUT2D eigenvalue weighted by molar-refractivity contribution is 6.34. The lowest BCUT2D eigenvalue weighted by Crippen LogP contribution is -2.18. The molecule has 0 saturated carbocycles. The van der Waals surface area contributed by atoms with E-state index in [4.69, 9.17) is 27.9 Å². The molecule has 0 radical (unpaired) electrons. The Hall–Kier alpha value is -2.06. The number of amides is 1. The van der Waals surface area contributed by atoms with Crippen LogP contribution in [0.2, 0.25) is 10.3 Å². The molecule has 0 spiro atoms. The SMILES string of the molecule is COc1nc(Cl)ncc1C(=O)Nc1c(Cl)cccc1C(F)(F)F. The number of aromatic nitrogens is 2. The van der Waals surface area contributed by atoms with E-state index in [0.29, 0.717) is 0 Å². The van der Waals surface area contributed by atoms with Gasteiger partial charge in [-0.15, -0.1) is 0 Å². The van der Waals surface area contributed by atoms with Gasteiger partial charge in [0.1, 0.15) is 5.56 Å². The van der Waals surface area contributed by atoms with E-state index in [0.717, 1.165) is 18.3 Å². The van der Waals surface area contributed by atoms with Crippen LogP contribution in [-0.4, -0.2) is 23.0 Å². The average molecular weight is 366 g/mol. The summed E-state index contributed by atoms with van der Waals surface area (Å²) in [6.45, 7) is 0. The van der Waals surface area contributed by atoms with E-state index < -0.39 is 23.3 Å². The first-order chi connectivity index (χ1) is 10.7. The van der Waals surface area contributed by atoms with Gasteiger partial charge >= 0.3 is 6.18 Å². The van der Waals surface area contributed by atoms with Crippen molar-refractivity contribution in [1.29, 1.82) is 0 Å². The minimum absolute atomic E-state index is 0.174. The molecule has 0 fully saturated rings. The van der Waals surface area contributed by atoms with E-state index in [9.17, 15) is 18.0 Å². The van der Waals surface area contributed by atoms with Gasteiger partial charge in [0.05, 0.1) is 23.4 Å². The van der Waals surface area contributed by atoms with Crippen LogP contribution in [0.5, 0.6) is 5.88 Å². The van der Waals surface area contributed by atoms with Crippen LogP contribution in [0.15, 0.2) is 24.4 Å². The Bertz CT molecular complexity index is 754. The second-order valence-electron chi connectivity index (χ2n) is 4.18. The summed E-state index contributed by atoms with van der Waals surface area (Å²) in [6.07, 6.45) is -3.65. The molecular formula is C13H8Cl2F3N3O2. The molecule has 0 aliphatic heterocycles. The van der Waals surface area contributed by atoms with Crippen molar-refractivity contribution in [2.75, 3.05) is 12.4 Å². The van der Waals surface area contributed by atoms with Crippen molar-refractivity contribution >= 4 is 34.8 Å². The second-order valence-corrected chi connectivity index (χ2v) is 4.92. The highest BCUT2D eigenvalue weighted by atomic mass is 35.5. The molecule has 1 heterocycles. The summed E-state index contributed by atoms with van der Waals surface area (Å²) in [4.78, 5) is 19.5. The second kappa shape index (κ2) is 6.59. The maximum absolute atomic E-state index is 13.0. The maximum atomic E-state index is 13.0. The Balaban J connectivity index is 2.42. The molecule has 10 heteroatoms. The van der Waals surface area contributed by atoms with Gasteiger partial charge in [0.2, 0.25) is 11.2 Å². The van der Waals surface area contributed by atoms with Crippen molar-refractivity contribution in [3.63, 3.8) is 0 Å². The van der Waals surface area contributed by atoms with Crippen LogP contribution in [0, 0.1) is 0 Å². The van der Waals surface area contributed by atoms with E-state index in [1.165, 1.54) is 13.2 Å². The molecule has 1 aromatic heterocycles. The van der Waals surface area contributed by atoms with Crippen molar-refractivity contribution in [1.82, 2.24) is 9.97 Å². The smallest absolute Gasteiger partial charge is 0.418 e. The van der Waals surface area contributed by atoms with E-state index in [-0.39, 0.29) is 21.7 Å². The quantitative estimate of drug-likeness (QED) is 0.832. The van der Waals surface area contributed by atoms with Gasteiger partial charge in [-0.1, -0.05) is 17.7 Å². The Kier molecular flexibility index (Phi) is 4.96. The molecule has 0 atom stereocenters. The third-order valence-electron chi connectivity index (χ3n) is 2.72. The first-order valence-corrected chi connectivity index (χ1v) is 6.73. The average Bonchev–Trinajstić information content (AvgIpc) is 2.47. The van der Waals surface area contributed by atoms with Crippen LogP contribution in [0.3, 0.4) is 0 Å².